The number of non-ortho nitro benzene ring substituents is 1. The molecule has 0 spiro atoms. The second-order valence-corrected chi connectivity index (χ2v) is 5.58. The van der Waals surface area contributed by atoms with E-state index in [1.54, 1.807) is 6.92 Å². The maximum absolute atomic E-state index is 12.3. The summed E-state index contributed by atoms with van der Waals surface area (Å²) in [6.07, 6.45) is 3.24. The number of hydrogen-bond acceptors (Lipinski definition) is 4. The molecule has 1 aliphatic heterocycles. The van der Waals surface area contributed by atoms with Crippen molar-refractivity contribution >= 4 is 28.9 Å². The van der Waals surface area contributed by atoms with E-state index in [0.717, 1.165) is 25.9 Å². The molecule has 1 amide bonds. The summed E-state index contributed by atoms with van der Waals surface area (Å²) in [5.74, 6) is 0.0316. The monoisotopic (exact) mass is 311 g/mol. The van der Waals surface area contributed by atoms with E-state index in [2.05, 4.69) is 5.32 Å². The first-order valence-corrected chi connectivity index (χ1v) is 7.36. The van der Waals surface area contributed by atoms with Gasteiger partial charge in [0.1, 0.15) is 6.04 Å². The van der Waals surface area contributed by atoms with E-state index >= 15 is 0 Å². The number of benzene rings is 1. The molecule has 0 radical (unpaired) electrons. The number of amides is 1. The number of nitrogens with one attached hydrogen (secondary N) is 1. The number of piperidine rings is 1. The van der Waals surface area contributed by atoms with Gasteiger partial charge in [0.05, 0.1) is 15.6 Å². The van der Waals surface area contributed by atoms with Crippen molar-refractivity contribution in [1.82, 2.24) is 4.90 Å². The zero-order valence-electron chi connectivity index (χ0n) is 11.8. The Labute approximate surface area is 128 Å². The first kappa shape index (κ1) is 15.6. The molecule has 6 nitrogen and oxygen atoms in total. The molecule has 1 atom stereocenters. The predicted molar refractivity (Wildman–Crippen MR) is 81.6 cm³/mol. The molecular weight excluding hydrogens is 294 g/mol. The molecule has 1 N–H and O–H groups in total. The highest BCUT2D eigenvalue weighted by molar-refractivity contribution is 6.33. The summed E-state index contributed by atoms with van der Waals surface area (Å²) in [6.45, 7) is 3.35. The van der Waals surface area contributed by atoms with Gasteiger partial charge in [0, 0.05) is 25.2 Å². The molecule has 1 aromatic rings. The smallest absolute Gasteiger partial charge is 0.271 e. The predicted octanol–water partition coefficient (Wildman–Crippen LogP) is 3.06. The minimum Gasteiger partial charge on any atom is -0.373 e. The summed E-state index contributed by atoms with van der Waals surface area (Å²) in [5, 5.41) is 13.9. The maximum Gasteiger partial charge on any atom is 0.271 e. The van der Waals surface area contributed by atoms with Crippen LogP contribution in [0.3, 0.4) is 0 Å². The van der Waals surface area contributed by atoms with Gasteiger partial charge in [-0.15, -0.1) is 0 Å². The molecule has 1 fully saturated rings. The number of hydrogen-bond donors (Lipinski definition) is 1. The molecule has 0 bridgehead atoms. The van der Waals surface area contributed by atoms with Crippen molar-refractivity contribution in [2.75, 3.05) is 18.4 Å². The fourth-order valence-corrected chi connectivity index (χ4v) is 2.65. The molecule has 7 heteroatoms. The molecule has 1 unspecified atom stereocenters. The normalized spacial score (nSPS) is 16.4. The van der Waals surface area contributed by atoms with Crippen LogP contribution in [0.5, 0.6) is 0 Å². The molecule has 21 heavy (non-hydrogen) atoms. The molecule has 1 heterocycles. The fourth-order valence-electron chi connectivity index (χ4n) is 2.42. The average Bonchev–Trinajstić information content (AvgIpc) is 2.49. The van der Waals surface area contributed by atoms with Crippen LogP contribution in [0.2, 0.25) is 5.02 Å². The topological polar surface area (TPSA) is 75.5 Å². The Balaban J connectivity index is 2.03. The Kier molecular flexibility index (Phi) is 5.01. The molecule has 2 rings (SSSR count). The number of nitro groups is 1. The van der Waals surface area contributed by atoms with Gasteiger partial charge in [-0.2, -0.15) is 0 Å². The quantitative estimate of drug-likeness (QED) is 0.685. The van der Waals surface area contributed by atoms with Crippen molar-refractivity contribution in [2.45, 2.75) is 32.2 Å². The summed E-state index contributed by atoms with van der Waals surface area (Å²) >= 11 is 6.02. The van der Waals surface area contributed by atoms with Gasteiger partial charge >= 0.3 is 0 Å². The van der Waals surface area contributed by atoms with Gasteiger partial charge in [-0.1, -0.05) is 11.6 Å². The minimum absolute atomic E-state index is 0.0316. The van der Waals surface area contributed by atoms with Crippen LogP contribution < -0.4 is 5.32 Å². The Morgan fingerprint density at radius 1 is 1.38 bits per heavy atom. The van der Waals surface area contributed by atoms with Crippen LogP contribution in [0.4, 0.5) is 11.4 Å². The molecular formula is C14H18ClN3O3. The summed E-state index contributed by atoms with van der Waals surface area (Å²) in [4.78, 5) is 24.3. The zero-order chi connectivity index (χ0) is 15.4. The summed E-state index contributed by atoms with van der Waals surface area (Å²) in [7, 11) is 0. The number of anilines is 1. The highest BCUT2D eigenvalue weighted by Crippen LogP contribution is 2.27. The van der Waals surface area contributed by atoms with E-state index in [1.807, 2.05) is 4.90 Å². The van der Waals surface area contributed by atoms with Crippen molar-refractivity contribution in [1.29, 1.82) is 0 Å². The number of carbonyl (C=O) groups excluding carboxylic acids is 1. The lowest BCUT2D eigenvalue weighted by Gasteiger charge is -2.29. The van der Waals surface area contributed by atoms with E-state index in [0.29, 0.717) is 5.69 Å². The summed E-state index contributed by atoms with van der Waals surface area (Å²) in [5.41, 5.74) is 0.459. The van der Waals surface area contributed by atoms with Crippen molar-refractivity contribution in [2.24, 2.45) is 0 Å². The maximum atomic E-state index is 12.3. The largest absolute Gasteiger partial charge is 0.373 e. The Morgan fingerprint density at radius 3 is 2.62 bits per heavy atom. The second-order valence-electron chi connectivity index (χ2n) is 5.17. The molecule has 1 aromatic carbocycles. The lowest BCUT2D eigenvalue weighted by Crippen LogP contribution is -2.43. The van der Waals surface area contributed by atoms with Gasteiger partial charge in [0.2, 0.25) is 5.91 Å². The van der Waals surface area contributed by atoms with E-state index in [9.17, 15) is 14.9 Å². The molecule has 0 aliphatic carbocycles. The van der Waals surface area contributed by atoms with Gasteiger partial charge in [-0.3, -0.25) is 14.9 Å². The van der Waals surface area contributed by atoms with E-state index in [-0.39, 0.29) is 16.6 Å². The number of likely N-dealkylation sites (tertiary alicyclic amines) is 1. The van der Waals surface area contributed by atoms with E-state index in [4.69, 9.17) is 11.6 Å². The third-order valence-electron chi connectivity index (χ3n) is 3.57. The SMILES string of the molecule is CC(Nc1ccc([N+](=O)[O-])cc1Cl)C(=O)N1CCCCC1. The average molecular weight is 312 g/mol. The van der Waals surface area contributed by atoms with Crippen molar-refractivity contribution < 1.29 is 9.72 Å². The van der Waals surface area contributed by atoms with Crippen LogP contribution in [0, 0.1) is 10.1 Å². The highest BCUT2D eigenvalue weighted by atomic mass is 35.5. The summed E-state index contributed by atoms with van der Waals surface area (Å²) in [6, 6.07) is 3.76. The van der Waals surface area contributed by atoms with Gasteiger partial charge in [0.15, 0.2) is 0 Å². The Morgan fingerprint density at radius 2 is 2.05 bits per heavy atom. The van der Waals surface area contributed by atoms with Crippen LogP contribution >= 0.6 is 11.6 Å². The van der Waals surface area contributed by atoms with Crippen molar-refractivity contribution in [3.8, 4) is 0 Å². The molecule has 1 aliphatic rings. The van der Waals surface area contributed by atoms with Crippen LogP contribution in [0.25, 0.3) is 0 Å². The van der Waals surface area contributed by atoms with Gasteiger partial charge in [-0.25, -0.2) is 0 Å². The second kappa shape index (κ2) is 6.76. The number of nitrogens with zero attached hydrogens (tertiary/aromatic N) is 2. The number of nitro benzene ring substituents is 1. The first-order chi connectivity index (χ1) is 9.99. The van der Waals surface area contributed by atoms with Crippen LogP contribution in [-0.2, 0) is 4.79 Å². The lowest BCUT2D eigenvalue weighted by atomic mass is 10.1. The number of carbonyl (C=O) groups is 1. The third kappa shape index (κ3) is 3.85. The van der Waals surface area contributed by atoms with Crippen molar-refractivity contribution in [3.63, 3.8) is 0 Å². The number of halogens is 1. The van der Waals surface area contributed by atoms with Gasteiger partial charge in [-0.05, 0) is 32.3 Å². The first-order valence-electron chi connectivity index (χ1n) is 6.98. The van der Waals surface area contributed by atoms with E-state index in [1.165, 1.54) is 24.6 Å². The van der Waals surface area contributed by atoms with Gasteiger partial charge in [0.25, 0.3) is 5.69 Å². The van der Waals surface area contributed by atoms with E-state index < -0.39 is 11.0 Å². The molecule has 0 saturated carbocycles. The minimum atomic E-state index is -0.502. The highest BCUT2D eigenvalue weighted by Gasteiger charge is 2.22. The van der Waals surface area contributed by atoms with Crippen LogP contribution in [0.1, 0.15) is 26.2 Å². The molecule has 114 valence electrons. The Bertz CT molecular complexity index is 544. The fraction of sp³-hybridized carbons (Fsp3) is 0.500. The Hall–Kier alpha value is -1.82. The molecule has 1 saturated heterocycles. The van der Waals surface area contributed by atoms with Crippen molar-refractivity contribution in [3.05, 3.63) is 33.3 Å². The number of rotatable bonds is 4. The van der Waals surface area contributed by atoms with Crippen LogP contribution in [-0.4, -0.2) is 34.9 Å². The standard InChI is InChI=1S/C14H18ClN3O3/c1-10(14(19)17-7-3-2-4-8-17)16-13-6-5-11(18(20)21)9-12(13)15/h5-6,9-10,16H,2-4,7-8H2,1H3. The zero-order valence-corrected chi connectivity index (χ0v) is 12.6. The molecule has 0 aromatic heterocycles. The summed E-state index contributed by atoms with van der Waals surface area (Å²) < 4.78 is 0. The third-order valence-corrected chi connectivity index (χ3v) is 3.89. The van der Waals surface area contributed by atoms with Gasteiger partial charge < -0.3 is 10.2 Å². The lowest BCUT2D eigenvalue weighted by molar-refractivity contribution is -0.384. The van der Waals surface area contributed by atoms with Crippen LogP contribution in [0.15, 0.2) is 18.2 Å².